The predicted molar refractivity (Wildman–Crippen MR) is 117 cm³/mol. The number of amides is 1. The van der Waals surface area contributed by atoms with Gasteiger partial charge in [-0.25, -0.2) is 8.42 Å². The van der Waals surface area contributed by atoms with E-state index in [0.717, 1.165) is 25.7 Å². The summed E-state index contributed by atoms with van der Waals surface area (Å²) in [6, 6.07) is 12.1. The van der Waals surface area contributed by atoms with E-state index in [-0.39, 0.29) is 17.3 Å². The number of nitrogens with one attached hydrogen (secondary N) is 2. The van der Waals surface area contributed by atoms with Crippen molar-refractivity contribution in [2.45, 2.75) is 37.5 Å². The summed E-state index contributed by atoms with van der Waals surface area (Å²) in [5, 5.41) is 6.20. The lowest BCUT2D eigenvalue weighted by atomic mass is 10.2. The smallest absolute Gasteiger partial charge is 0.243 e. The van der Waals surface area contributed by atoms with Crippen molar-refractivity contribution in [3.63, 3.8) is 0 Å². The Hall–Kier alpha value is -2.09. The highest BCUT2D eigenvalue weighted by atomic mass is 35.5. The average molecular weight is 436 g/mol. The summed E-state index contributed by atoms with van der Waals surface area (Å²) in [7, 11) is -3.56. The molecular weight excluding hydrogens is 410 g/mol. The summed E-state index contributed by atoms with van der Waals surface area (Å²) in [5.74, 6) is -0.268. The number of halogens is 1. The predicted octanol–water partition coefficient (Wildman–Crippen LogP) is 4.26. The van der Waals surface area contributed by atoms with Crippen molar-refractivity contribution < 1.29 is 13.2 Å². The van der Waals surface area contributed by atoms with Crippen molar-refractivity contribution in [1.82, 2.24) is 4.31 Å². The van der Waals surface area contributed by atoms with Crippen molar-refractivity contribution in [2.24, 2.45) is 0 Å². The first-order chi connectivity index (χ1) is 13.9. The fraction of sp³-hybridized carbons (Fsp3) is 0.381. The number of carbonyl (C=O) groups is 1. The first-order valence-corrected chi connectivity index (χ1v) is 11.6. The maximum Gasteiger partial charge on any atom is 0.243 e. The number of rotatable bonds is 6. The Morgan fingerprint density at radius 3 is 2.45 bits per heavy atom. The molecule has 8 heteroatoms. The molecule has 0 spiro atoms. The summed E-state index contributed by atoms with van der Waals surface area (Å²) < 4.78 is 27.8. The quantitative estimate of drug-likeness (QED) is 0.710. The van der Waals surface area contributed by atoms with Gasteiger partial charge in [0.25, 0.3) is 0 Å². The maximum atomic E-state index is 13.1. The van der Waals surface area contributed by atoms with E-state index in [2.05, 4.69) is 10.6 Å². The fourth-order valence-corrected chi connectivity index (χ4v) is 5.30. The van der Waals surface area contributed by atoms with Crippen molar-refractivity contribution in [2.75, 3.05) is 30.3 Å². The van der Waals surface area contributed by atoms with Crippen molar-refractivity contribution in [3.8, 4) is 0 Å². The summed E-state index contributed by atoms with van der Waals surface area (Å²) in [5.41, 5.74) is 1.81. The zero-order valence-electron chi connectivity index (χ0n) is 16.4. The van der Waals surface area contributed by atoms with Gasteiger partial charge in [-0.1, -0.05) is 42.6 Å². The molecule has 1 saturated heterocycles. The Balaban J connectivity index is 1.70. The molecule has 0 unspecified atom stereocenters. The van der Waals surface area contributed by atoms with Gasteiger partial charge in [0.1, 0.15) is 0 Å². The van der Waals surface area contributed by atoms with Crippen molar-refractivity contribution in [3.05, 3.63) is 53.1 Å². The average Bonchev–Trinajstić information content (AvgIpc) is 2.99. The largest absolute Gasteiger partial charge is 0.376 e. The van der Waals surface area contributed by atoms with Crippen LogP contribution in [0.25, 0.3) is 0 Å². The van der Waals surface area contributed by atoms with E-state index in [1.54, 1.807) is 53.7 Å². The highest BCUT2D eigenvalue weighted by Gasteiger charge is 2.26. The number of para-hydroxylation sites is 1. The van der Waals surface area contributed by atoms with Crippen LogP contribution >= 0.6 is 11.6 Å². The number of hydrogen-bond acceptors (Lipinski definition) is 4. The molecule has 29 heavy (non-hydrogen) atoms. The highest BCUT2D eigenvalue weighted by Crippen LogP contribution is 2.26. The second-order valence-electron chi connectivity index (χ2n) is 7.18. The molecule has 0 saturated carbocycles. The van der Waals surface area contributed by atoms with Crippen LogP contribution in [0.2, 0.25) is 5.02 Å². The topological polar surface area (TPSA) is 78.5 Å². The highest BCUT2D eigenvalue weighted by molar-refractivity contribution is 7.89. The van der Waals surface area contributed by atoms with Gasteiger partial charge in [0.2, 0.25) is 15.9 Å². The molecule has 0 bridgehead atoms. The molecule has 0 atom stereocenters. The van der Waals surface area contributed by atoms with Gasteiger partial charge in [-0.2, -0.15) is 4.31 Å². The van der Waals surface area contributed by atoms with Gasteiger partial charge < -0.3 is 10.6 Å². The molecule has 1 aliphatic rings. The molecule has 6 nitrogen and oxygen atoms in total. The van der Waals surface area contributed by atoms with Crippen molar-refractivity contribution >= 4 is 38.9 Å². The van der Waals surface area contributed by atoms with Crippen molar-refractivity contribution in [1.29, 1.82) is 0 Å². The number of hydrogen-bond donors (Lipinski definition) is 2. The van der Waals surface area contributed by atoms with Crippen LogP contribution in [-0.2, 0) is 14.8 Å². The van der Waals surface area contributed by atoms with Gasteiger partial charge >= 0.3 is 0 Å². The fourth-order valence-electron chi connectivity index (χ4n) is 3.35. The number of anilines is 2. The molecule has 1 heterocycles. The molecule has 156 valence electrons. The minimum atomic E-state index is -3.56. The van der Waals surface area contributed by atoms with Gasteiger partial charge in [0.05, 0.1) is 22.2 Å². The number of benzene rings is 2. The van der Waals surface area contributed by atoms with Gasteiger partial charge in [0, 0.05) is 18.8 Å². The Labute approximate surface area is 177 Å². The van der Waals surface area contributed by atoms with Crippen LogP contribution in [0.4, 0.5) is 11.4 Å². The number of sulfonamides is 1. The Morgan fingerprint density at radius 2 is 1.76 bits per heavy atom. The Bertz CT molecular complexity index is 971. The molecule has 2 aromatic rings. The zero-order valence-corrected chi connectivity index (χ0v) is 18.0. The minimum absolute atomic E-state index is 0.00249. The van der Waals surface area contributed by atoms with Crippen LogP contribution in [0.15, 0.2) is 47.4 Å². The van der Waals surface area contributed by atoms with Crippen LogP contribution < -0.4 is 10.6 Å². The lowest BCUT2D eigenvalue weighted by Crippen LogP contribution is -2.32. The third kappa shape index (κ3) is 5.50. The van der Waals surface area contributed by atoms with E-state index < -0.39 is 10.0 Å². The Kier molecular flexibility index (Phi) is 7.16. The molecule has 1 amide bonds. The second kappa shape index (κ2) is 9.61. The molecule has 2 N–H and O–H groups in total. The van der Waals surface area contributed by atoms with E-state index in [0.29, 0.717) is 35.1 Å². The van der Waals surface area contributed by atoms with Gasteiger partial charge in [-0.05, 0) is 49.6 Å². The summed E-state index contributed by atoms with van der Waals surface area (Å²) in [4.78, 5) is 12.5. The second-order valence-corrected chi connectivity index (χ2v) is 9.49. The zero-order chi connectivity index (χ0) is 20.9. The standard InChI is InChI=1S/C21H26ClN3O3S/c1-16-10-11-17(23-15-21(26)24-19-9-5-4-8-18(19)22)14-20(16)29(27,28)25-12-6-2-3-7-13-25/h4-5,8-11,14,23H,2-3,6-7,12-13,15H2,1H3,(H,24,26). The van der Waals surface area contributed by atoms with Crippen LogP contribution in [0.1, 0.15) is 31.2 Å². The molecular formula is C21H26ClN3O3S. The first kappa shape index (κ1) is 21.6. The van der Waals surface area contributed by atoms with E-state index in [9.17, 15) is 13.2 Å². The van der Waals surface area contributed by atoms with E-state index >= 15 is 0 Å². The molecule has 0 aromatic heterocycles. The van der Waals surface area contributed by atoms with Gasteiger partial charge in [0.15, 0.2) is 0 Å². The van der Waals surface area contributed by atoms with Gasteiger partial charge in [-0.3, -0.25) is 4.79 Å². The Morgan fingerprint density at radius 1 is 1.07 bits per heavy atom. The van der Waals surface area contributed by atoms with Gasteiger partial charge in [-0.15, -0.1) is 0 Å². The van der Waals surface area contributed by atoms with Crippen LogP contribution in [0.5, 0.6) is 0 Å². The van der Waals surface area contributed by atoms with Crippen LogP contribution in [-0.4, -0.2) is 38.3 Å². The molecule has 0 radical (unpaired) electrons. The van der Waals surface area contributed by atoms with E-state index in [1.807, 2.05) is 0 Å². The van der Waals surface area contributed by atoms with E-state index in [1.165, 1.54) is 0 Å². The lowest BCUT2D eigenvalue weighted by molar-refractivity contribution is -0.114. The molecule has 1 aliphatic heterocycles. The molecule has 3 rings (SSSR count). The molecule has 1 fully saturated rings. The summed E-state index contributed by atoms with van der Waals surface area (Å²) in [6.07, 6.45) is 3.90. The number of nitrogens with zero attached hydrogens (tertiary/aromatic N) is 1. The number of aryl methyl sites for hydroxylation is 1. The number of carbonyl (C=O) groups excluding carboxylic acids is 1. The lowest BCUT2D eigenvalue weighted by Gasteiger charge is -2.21. The van der Waals surface area contributed by atoms with Crippen LogP contribution in [0.3, 0.4) is 0 Å². The first-order valence-electron chi connectivity index (χ1n) is 9.77. The van der Waals surface area contributed by atoms with E-state index in [4.69, 9.17) is 11.6 Å². The molecule has 0 aliphatic carbocycles. The maximum absolute atomic E-state index is 13.1. The summed E-state index contributed by atoms with van der Waals surface area (Å²) >= 11 is 6.05. The van der Waals surface area contributed by atoms with Crippen LogP contribution in [0, 0.1) is 6.92 Å². The monoisotopic (exact) mass is 435 g/mol. The minimum Gasteiger partial charge on any atom is -0.376 e. The normalized spacial score (nSPS) is 15.5. The molecule has 2 aromatic carbocycles. The SMILES string of the molecule is Cc1ccc(NCC(=O)Nc2ccccc2Cl)cc1S(=O)(=O)N1CCCCCC1. The third-order valence-corrected chi connectivity index (χ3v) is 7.34. The summed E-state index contributed by atoms with van der Waals surface area (Å²) in [6.45, 7) is 2.90. The third-order valence-electron chi connectivity index (χ3n) is 4.97.